The number of aryl methyl sites for hydroxylation is 1. The molecule has 19 heavy (non-hydrogen) atoms. The van der Waals surface area contributed by atoms with Crippen LogP contribution in [0.5, 0.6) is 0 Å². The molecule has 0 radical (unpaired) electrons. The van der Waals surface area contributed by atoms with E-state index in [2.05, 4.69) is 36.9 Å². The van der Waals surface area contributed by atoms with Gasteiger partial charge in [-0.15, -0.1) is 0 Å². The molecule has 1 aromatic rings. The smallest absolute Gasteiger partial charge is 0.308 e. The maximum absolute atomic E-state index is 11.5. The Morgan fingerprint density at radius 3 is 2.68 bits per heavy atom. The van der Waals surface area contributed by atoms with Gasteiger partial charge in [0.05, 0.1) is 5.92 Å². The van der Waals surface area contributed by atoms with Crippen molar-refractivity contribution in [2.24, 2.45) is 5.92 Å². The van der Waals surface area contributed by atoms with E-state index in [0.717, 1.165) is 19.4 Å². The first-order valence-electron chi connectivity index (χ1n) is 6.92. The van der Waals surface area contributed by atoms with E-state index in [1.54, 1.807) is 0 Å². The normalized spacial score (nSPS) is 22.3. The van der Waals surface area contributed by atoms with Gasteiger partial charge in [-0.1, -0.05) is 12.1 Å². The highest BCUT2D eigenvalue weighted by molar-refractivity contribution is 5.74. The highest BCUT2D eigenvalue weighted by Crippen LogP contribution is 2.38. The Balaban J connectivity index is 2.43. The van der Waals surface area contributed by atoms with Crippen LogP contribution >= 0.6 is 0 Å². The van der Waals surface area contributed by atoms with Gasteiger partial charge in [-0.2, -0.15) is 0 Å². The van der Waals surface area contributed by atoms with Crippen molar-refractivity contribution < 1.29 is 9.90 Å². The molecule has 1 aromatic carbocycles. The maximum atomic E-state index is 11.5. The van der Waals surface area contributed by atoms with Crippen LogP contribution in [0.1, 0.15) is 37.8 Å². The average molecular weight is 261 g/mol. The molecule has 0 spiro atoms. The number of carbonyl (C=O) groups is 1. The molecular formula is C16H23NO2. The summed E-state index contributed by atoms with van der Waals surface area (Å²) >= 11 is 0. The molecular weight excluding hydrogens is 238 g/mol. The van der Waals surface area contributed by atoms with E-state index in [1.165, 1.54) is 16.8 Å². The van der Waals surface area contributed by atoms with Crippen LogP contribution in [0.25, 0.3) is 0 Å². The molecule has 1 heterocycles. The minimum Gasteiger partial charge on any atom is -0.481 e. The molecule has 0 amide bonds. The van der Waals surface area contributed by atoms with Crippen molar-refractivity contribution in [2.45, 2.75) is 46.1 Å². The lowest BCUT2D eigenvalue weighted by Crippen LogP contribution is -2.56. The Morgan fingerprint density at radius 2 is 2.05 bits per heavy atom. The largest absolute Gasteiger partial charge is 0.481 e. The summed E-state index contributed by atoms with van der Waals surface area (Å²) < 4.78 is 0. The fourth-order valence-electron chi connectivity index (χ4n) is 3.17. The predicted molar refractivity (Wildman–Crippen MR) is 77.7 cm³/mol. The van der Waals surface area contributed by atoms with E-state index in [4.69, 9.17) is 0 Å². The van der Waals surface area contributed by atoms with Gasteiger partial charge in [-0.3, -0.25) is 4.79 Å². The number of carboxylic acid groups (broad SMARTS) is 1. The molecule has 0 saturated carbocycles. The third-order valence-electron chi connectivity index (χ3n) is 4.59. The fraction of sp³-hybridized carbons (Fsp3) is 0.562. The average Bonchev–Trinajstić information content (AvgIpc) is 2.32. The van der Waals surface area contributed by atoms with Crippen molar-refractivity contribution >= 4 is 11.7 Å². The number of aliphatic carboxylic acids is 1. The van der Waals surface area contributed by atoms with Gasteiger partial charge in [0.1, 0.15) is 0 Å². The summed E-state index contributed by atoms with van der Waals surface area (Å²) in [5, 5.41) is 9.44. The summed E-state index contributed by atoms with van der Waals surface area (Å²) in [5.41, 5.74) is 3.34. The third-order valence-corrected chi connectivity index (χ3v) is 4.59. The van der Waals surface area contributed by atoms with Gasteiger partial charge in [0, 0.05) is 17.8 Å². The zero-order chi connectivity index (χ0) is 14.2. The number of rotatable bonds is 2. The van der Waals surface area contributed by atoms with Crippen LogP contribution in [0, 0.1) is 19.8 Å². The zero-order valence-corrected chi connectivity index (χ0v) is 12.2. The lowest BCUT2D eigenvalue weighted by atomic mass is 9.78. The van der Waals surface area contributed by atoms with E-state index in [0.29, 0.717) is 0 Å². The highest BCUT2D eigenvalue weighted by atomic mass is 16.4. The maximum Gasteiger partial charge on any atom is 0.308 e. The van der Waals surface area contributed by atoms with Crippen molar-refractivity contribution in [2.75, 3.05) is 11.4 Å². The first-order chi connectivity index (χ1) is 8.85. The second-order valence-electron chi connectivity index (χ2n) is 6.06. The minimum atomic E-state index is -0.681. The zero-order valence-electron chi connectivity index (χ0n) is 12.2. The van der Waals surface area contributed by atoms with E-state index in [1.807, 2.05) is 13.8 Å². The summed E-state index contributed by atoms with van der Waals surface area (Å²) in [4.78, 5) is 13.7. The molecule has 2 rings (SSSR count). The number of hydrogen-bond donors (Lipinski definition) is 1. The monoisotopic (exact) mass is 261 g/mol. The van der Waals surface area contributed by atoms with Gasteiger partial charge in [-0.25, -0.2) is 0 Å². The van der Waals surface area contributed by atoms with E-state index in [-0.39, 0.29) is 11.5 Å². The molecule has 1 fully saturated rings. The summed E-state index contributed by atoms with van der Waals surface area (Å²) in [7, 11) is 0. The van der Waals surface area contributed by atoms with Crippen LogP contribution in [0.4, 0.5) is 5.69 Å². The third kappa shape index (κ3) is 2.34. The van der Waals surface area contributed by atoms with E-state index >= 15 is 0 Å². The van der Waals surface area contributed by atoms with Gasteiger partial charge in [-0.05, 0) is 57.7 Å². The Bertz CT molecular complexity index is 494. The van der Waals surface area contributed by atoms with Crippen LogP contribution in [-0.2, 0) is 4.79 Å². The fourth-order valence-corrected chi connectivity index (χ4v) is 3.17. The molecule has 3 nitrogen and oxygen atoms in total. The molecule has 1 unspecified atom stereocenters. The van der Waals surface area contributed by atoms with Gasteiger partial charge in [0.15, 0.2) is 0 Å². The van der Waals surface area contributed by atoms with Crippen LogP contribution in [0.2, 0.25) is 0 Å². The molecule has 1 N–H and O–H groups in total. The molecule has 0 aliphatic carbocycles. The molecule has 1 aliphatic heterocycles. The van der Waals surface area contributed by atoms with Gasteiger partial charge >= 0.3 is 5.97 Å². The lowest BCUT2D eigenvalue weighted by molar-refractivity contribution is -0.144. The topological polar surface area (TPSA) is 40.5 Å². The van der Waals surface area contributed by atoms with Gasteiger partial charge < -0.3 is 10.0 Å². The molecule has 0 bridgehead atoms. The predicted octanol–water partition coefficient (Wildman–Crippen LogP) is 3.38. The molecule has 1 atom stereocenters. The van der Waals surface area contributed by atoms with Crippen molar-refractivity contribution in [3.8, 4) is 0 Å². The van der Waals surface area contributed by atoms with Gasteiger partial charge in [0.25, 0.3) is 0 Å². The van der Waals surface area contributed by atoms with Crippen molar-refractivity contribution in [1.82, 2.24) is 0 Å². The summed E-state index contributed by atoms with van der Waals surface area (Å²) in [6, 6.07) is 6.26. The van der Waals surface area contributed by atoms with Crippen LogP contribution in [0.15, 0.2) is 18.2 Å². The SMILES string of the molecule is Cc1cccc(N2CCCC(C(=O)O)C2(C)C)c1C. The van der Waals surface area contributed by atoms with Crippen LogP contribution in [-0.4, -0.2) is 23.2 Å². The number of nitrogens with zero attached hydrogens (tertiary/aromatic N) is 1. The van der Waals surface area contributed by atoms with Crippen molar-refractivity contribution in [1.29, 1.82) is 0 Å². The molecule has 1 aliphatic rings. The summed E-state index contributed by atoms with van der Waals surface area (Å²) in [6.07, 6.45) is 1.71. The van der Waals surface area contributed by atoms with Crippen LogP contribution in [0.3, 0.4) is 0 Å². The molecule has 0 aromatic heterocycles. The highest BCUT2D eigenvalue weighted by Gasteiger charge is 2.43. The Morgan fingerprint density at radius 1 is 1.37 bits per heavy atom. The number of hydrogen-bond acceptors (Lipinski definition) is 2. The minimum absolute atomic E-state index is 0.304. The summed E-state index contributed by atoms with van der Waals surface area (Å²) in [6.45, 7) is 9.25. The Labute approximate surface area is 115 Å². The molecule has 3 heteroatoms. The number of carboxylic acids is 1. The second kappa shape index (κ2) is 4.87. The Kier molecular flexibility index (Phi) is 3.57. The Hall–Kier alpha value is -1.51. The second-order valence-corrected chi connectivity index (χ2v) is 6.06. The molecule has 104 valence electrons. The summed E-state index contributed by atoms with van der Waals surface area (Å²) in [5.74, 6) is -0.985. The lowest BCUT2D eigenvalue weighted by Gasteiger charge is -2.48. The van der Waals surface area contributed by atoms with E-state index in [9.17, 15) is 9.90 Å². The molecule has 1 saturated heterocycles. The van der Waals surface area contributed by atoms with Crippen molar-refractivity contribution in [3.63, 3.8) is 0 Å². The first-order valence-corrected chi connectivity index (χ1v) is 6.92. The quantitative estimate of drug-likeness (QED) is 0.887. The van der Waals surface area contributed by atoms with Crippen LogP contribution < -0.4 is 4.90 Å². The van der Waals surface area contributed by atoms with E-state index < -0.39 is 5.97 Å². The number of anilines is 1. The number of piperidine rings is 1. The number of benzene rings is 1. The first kappa shape index (κ1) is 13.9. The van der Waals surface area contributed by atoms with Crippen molar-refractivity contribution in [3.05, 3.63) is 29.3 Å². The van der Waals surface area contributed by atoms with Gasteiger partial charge in [0.2, 0.25) is 0 Å². The standard InChI is InChI=1S/C16H23NO2/c1-11-7-5-9-14(12(11)2)17-10-6-8-13(15(18)19)16(17,3)4/h5,7,9,13H,6,8,10H2,1-4H3,(H,18,19).